The summed E-state index contributed by atoms with van der Waals surface area (Å²) in [5.74, 6) is -0.211. The molecule has 0 unspecified atom stereocenters. The summed E-state index contributed by atoms with van der Waals surface area (Å²) in [4.78, 5) is 12.2. The molecule has 0 saturated heterocycles. The predicted molar refractivity (Wildman–Crippen MR) is 94.1 cm³/mol. The fourth-order valence-electron chi connectivity index (χ4n) is 2.06. The average molecular weight is 359 g/mol. The SMILES string of the molecule is CCCC/C(=N\NC(=O)c1ccccc1Br)c1ccccc1. The molecule has 0 saturated carbocycles. The molecule has 0 radical (unpaired) electrons. The zero-order valence-corrected chi connectivity index (χ0v) is 14.1. The third-order valence-corrected chi connectivity index (χ3v) is 3.98. The monoisotopic (exact) mass is 358 g/mol. The fraction of sp³-hybridized carbons (Fsp3) is 0.222. The lowest BCUT2D eigenvalue weighted by atomic mass is 10.1. The number of hydrazone groups is 1. The van der Waals surface area contributed by atoms with Gasteiger partial charge in [-0.25, -0.2) is 5.43 Å². The number of rotatable bonds is 6. The van der Waals surface area contributed by atoms with Crippen LogP contribution in [-0.4, -0.2) is 11.6 Å². The van der Waals surface area contributed by atoms with E-state index in [2.05, 4.69) is 33.4 Å². The Morgan fingerprint density at radius 3 is 2.45 bits per heavy atom. The van der Waals surface area contributed by atoms with Gasteiger partial charge in [-0.15, -0.1) is 0 Å². The zero-order valence-electron chi connectivity index (χ0n) is 12.6. The van der Waals surface area contributed by atoms with E-state index in [0.717, 1.165) is 35.0 Å². The molecule has 0 heterocycles. The van der Waals surface area contributed by atoms with Crippen LogP contribution in [0.1, 0.15) is 42.1 Å². The normalized spacial score (nSPS) is 11.3. The minimum absolute atomic E-state index is 0.211. The van der Waals surface area contributed by atoms with Crippen molar-refractivity contribution in [1.82, 2.24) is 5.43 Å². The summed E-state index contributed by atoms with van der Waals surface area (Å²) in [6.07, 6.45) is 2.97. The maximum absolute atomic E-state index is 12.2. The van der Waals surface area contributed by atoms with Crippen LogP contribution in [0.15, 0.2) is 64.2 Å². The third kappa shape index (κ3) is 4.53. The highest BCUT2D eigenvalue weighted by Gasteiger charge is 2.09. The molecule has 2 aromatic rings. The van der Waals surface area contributed by atoms with E-state index in [0.29, 0.717) is 5.56 Å². The summed E-state index contributed by atoms with van der Waals surface area (Å²) < 4.78 is 0.762. The molecule has 22 heavy (non-hydrogen) atoms. The predicted octanol–water partition coefficient (Wildman–Crippen LogP) is 4.77. The molecule has 0 aliphatic carbocycles. The average Bonchev–Trinajstić information content (AvgIpc) is 2.56. The van der Waals surface area contributed by atoms with Gasteiger partial charge in [0.2, 0.25) is 0 Å². The molecule has 0 bridgehead atoms. The molecule has 2 aromatic carbocycles. The number of carbonyl (C=O) groups excluding carboxylic acids is 1. The highest BCUT2D eigenvalue weighted by molar-refractivity contribution is 9.10. The van der Waals surface area contributed by atoms with Crippen LogP contribution in [0.5, 0.6) is 0 Å². The Morgan fingerprint density at radius 2 is 1.77 bits per heavy atom. The van der Waals surface area contributed by atoms with Crippen molar-refractivity contribution < 1.29 is 4.79 Å². The van der Waals surface area contributed by atoms with Gasteiger partial charge in [-0.2, -0.15) is 5.10 Å². The maximum Gasteiger partial charge on any atom is 0.272 e. The molecule has 0 aromatic heterocycles. The van der Waals surface area contributed by atoms with Crippen LogP contribution in [0.4, 0.5) is 0 Å². The Bertz CT molecular complexity index is 653. The first-order valence-electron chi connectivity index (χ1n) is 7.39. The maximum atomic E-state index is 12.2. The molecule has 1 amide bonds. The topological polar surface area (TPSA) is 41.5 Å². The quantitative estimate of drug-likeness (QED) is 0.586. The number of nitrogens with one attached hydrogen (secondary N) is 1. The lowest BCUT2D eigenvalue weighted by Gasteiger charge is -2.08. The summed E-state index contributed by atoms with van der Waals surface area (Å²) in [6, 6.07) is 17.3. The van der Waals surface area contributed by atoms with Crippen molar-refractivity contribution in [3.8, 4) is 0 Å². The van der Waals surface area contributed by atoms with Crippen molar-refractivity contribution in [3.63, 3.8) is 0 Å². The summed E-state index contributed by atoms with van der Waals surface area (Å²) in [6.45, 7) is 2.14. The number of carbonyl (C=O) groups is 1. The molecule has 1 N–H and O–H groups in total. The molecule has 0 aliphatic rings. The van der Waals surface area contributed by atoms with Gasteiger partial charge >= 0.3 is 0 Å². The van der Waals surface area contributed by atoms with Gasteiger partial charge in [0.25, 0.3) is 5.91 Å². The van der Waals surface area contributed by atoms with E-state index >= 15 is 0 Å². The molecule has 0 fully saturated rings. The van der Waals surface area contributed by atoms with Gasteiger partial charge in [0.05, 0.1) is 11.3 Å². The van der Waals surface area contributed by atoms with Crippen molar-refractivity contribution in [3.05, 3.63) is 70.2 Å². The summed E-state index contributed by atoms with van der Waals surface area (Å²) in [5.41, 5.74) is 5.19. The number of nitrogens with zero attached hydrogens (tertiary/aromatic N) is 1. The van der Waals surface area contributed by atoms with E-state index in [-0.39, 0.29) is 5.91 Å². The molecule has 0 aliphatic heterocycles. The van der Waals surface area contributed by atoms with Crippen molar-refractivity contribution in [2.45, 2.75) is 26.2 Å². The Kier molecular flexibility index (Phi) is 6.34. The van der Waals surface area contributed by atoms with Crippen LogP contribution in [0.3, 0.4) is 0 Å². The van der Waals surface area contributed by atoms with E-state index in [1.54, 1.807) is 6.07 Å². The Morgan fingerprint density at radius 1 is 1.09 bits per heavy atom. The Hall–Kier alpha value is -1.94. The van der Waals surface area contributed by atoms with Gasteiger partial charge in [0.15, 0.2) is 0 Å². The fourth-order valence-corrected chi connectivity index (χ4v) is 2.53. The van der Waals surface area contributed by atoms with Gasteiger partial charge in [0, 0.05) is 4.47 Å². The van der Waals surface area contributed by atoms with Crippen molar-refractivity contribution in [2.24, 2.45) is 5.10 Å². The third-order valence-electron chi connectivity index (χ3n) is 3.29. The van der Waals surface area contributed by atoms with E-state index in [9.17, 15) is 4.79 Å². The molecule has 114 valence electrons. The number of halogens is 1. The second-order valence-corrected chi connectivity index (χ2v) is 5.80. The van der Waals surface area contributed by atoms with Crippen LogP contribution in [0, 0.1) is 0 Å². The first kappa shape index (κ1) is 16.4. The molecule has 4 heteroatoms. The highest BCUT2D eigenvalue weighted by Crippen LogP contribution is 2.15. The molecular weight excluding hydrogens is 340 g/mol. The summed E-state index contributed by atoms with van der Waals surface area (Å²) in [7, 11) is 0. The Labute approximate surface area is 139 Å². The van der Waals surface area contributed by atoms with Crippen LogP contribution >= 0.6 is 15.9 Å². The van der Waals surface area contributed by atoms with E-state index in [1.165, 1.54) is 0 Å². The van der Waals surface area contributed by atoms with Gasteiger partial charge in [-0.3, -0.25) is 4.79 Å². The number of unbranched alkanes of at least 4 members (excludes halogenated alkanes) is 1. The van der Waals surface area contributed by atoms with Crippen LogP contribution in [-0.2, 0) is 0 Å². The molecule has 2 rings (SSSR count). The second kappa shape index (κ2) is 8.49. The van der Waals surface area contributed by atoms with Crippen molar-refractivity contribution in [1.29, 1.82) is 0 Å². The van der Waals surface area contributed by atoms with Gasteiger partial charge in [-0.05, 0) is 46.5 Å². The van der Waals surface area contributed by atoms with Crippen LogP contribution in [0.25, 0.3) is 0 Å². The smallest absolute Gasteiger partial charge is 0.267 e. The minimum Gasteiger partial charge on any atom is -0.267 e. The first-order chi connectivity index (χ1) is 10.7. The van der Waals surface area contributed by atoms with Crippen molar-refractivity contribution >= 4 is 27.5 Å². The number of hydrogen-bond acceptors (Lipinski definition) is 2. The molecule has 0 atom stereocenters. The zero-order chi connectivity index (χ0) is 15.8. The van der Waals surface area contributed by atoms with Crippen molar-refractivity contribution in [2.75, 3.05) is 0 Å². The minimum atomic E-state index is -0.211. The standard InChI is InChI=1S/C18H19BrN2O/c1-2-3-13-17(14-9-5-4-6-10-14)20-21-18(22)15-11-7-8-12-16(15)19/h4-12H,2-3,13H2,1H3,(H,21,22)/b20-17+. The number of amides is 1. The van der Waals surface area contributed by atoms with E-state index in [4.69, 9.17) is 0 Å². The largest absolute Gasteiger partial charge is 0.272 e. The van der Waals surface area contributed by atoms with E-state index < -0.39 is 0 Å². The van der Waals surface area contributed by atoms with Gasteiger partial charge in [-0.1, -0.05) is 55.8 Å². The lowest BCUT2D eigenvalue weighted by molar-refractivity contribution is 0.0954. The highest BCUT2D eigenvalue weighted by atomic mass is 79.9. The number of hydrogen-bond donors (Lipinski definition) is 1. The summed E-state index contributed by atoms with van der Waals surface area (Å²) in [5, 5.41) is 4.35. The molecule has 0 spiro atoms. The second-order valence-electron chi connectivity index (χ2n) is 4.95. The molecule has 3 nitrogen and oxygen atoms in total. The van der Waals surface area contributed by atoms with Crippen LogP contribution < -0.4 is 5.43 Å². The van der Waals surface area contributed by atoms with Gasteiger partial charge < -0.3 is 0 Å². The lowest BCUT2D eigenvalue weighted by Crippen LogP contribution is -2.20. The van der Waals surface area contributed by atoms with Crippen LogP contribution in [0.2, 0.25) is 0 Å². The van der Waals surface area contributed by atoms with E-state index in [1.807, 2.05) is 48.5 Å². The summed E-state index contributed by atoms with van der Waals surface area (Å²) >= 11 is 3.38. The number of benzene rings is 2. The molecular formula is C18H19BrN2O. The Balaban J connectivity index is 2.16. The van der Waals surface area contributed by atoms with Gasteiger partial charge in [0.1, 0.15) is 0 Å². The first-order valence-corrected chi connectivity index (χ1v) is 8.18.